The number of nitrogens with one attached hydrogen (secondary N) is 3. The molecule has 1 amide bonds. The maximum absolute atomic E-state index is 12.0. The van der Waals surface area contributed by atoms with Crippen LogP contribution in [0.3, 0.4) is 0 Å². The van der Waals surface area contributed by atoms with Gasteiger partial charge in [-0.3, -0.25) is 14.7 Å². The molecule has 3 N–H and O–H groups in total. The van der Waals surface area contributed by atoms with Gasteiger partial charge in [-0.1, -0.05) is 11.6 Å². The SMILES string of the molecule is O=C(Nc1ccc2[nH]ncc2c1Cl)c1ccc[nH]c1=O. The zero-order valence-electron chi connectivity index (χ0n) is 10.1. The Balaban J connectivity index is 1.97. The van der Waals surface area contributed by atoms with Crippen LogP contribution in [0.5, 0.6) is 0 Å². The summed E-state index contributed by atoms with van der Waals surface area (Å²) in [7, 11) is 0. The molecule has 2 aromatic heterocycles. The summed E-state index contributed by atoms with van der Waals surface area (Å²) in [4.78, 5) is 26.0. The van der Waals surface area contributed by atoms with Gasteiger partial charge in [-0.05, 0) is 24.3 Å². The van der Waals surface area contributed by atoms with Crippen molar-refractivity contribution in [3.05, 3.63) is 57.6 Å². The zero-order chi connectivity index (χ0) is 14.1. The van der Waals surface area contributed by atoms with Crippen LogP contribution in [0.15, 0.2) is 41.5 Å². The second-order valence-electron chi connectivity index (χ2n) is 4.13. The average molecular weight is 289 g/mol. The number of carbonyl (C=O) groups excluding carboxylic acids is 1. The normalized spacial score (nSPS) is 10.7. The van der Waals surface area contributed by atoms with Crippen LogP contribution in [0.25, 0.3) is 10.9 Å². The predicted octanol–water partition coefficient (Wildman–Crippen LogP) is 2.16. The van der Waals surface area contributed by atoms with Crippen molar-refractivity contribution in [1.29, 1.82) is 0 Å². The summed E-state index contributed by atoms with van der Waals surface area (Å²) in [6.07, 6.45) is 3.03. The number of hydrogen-bond donors (Lipinski definition) is 3. The summed E-state index contributed by atoms with van der Waals surface area (Å²) in [6.45, 7) is 0. The molecular formula is C13H9ClN4O2. The highest BCUT2D eigenvalue weighted by atomic mass is 35.5. The average Bonchev–Trinajstić information content (AvgIpc) is 2.91. The highest BCUT2D eigenvalue weighted by Gasteiger charge is 2.13. The van der Waals surface area contributed by atoms with Gasteiger partial charge in [0.1, 0.15) is 5.56 Å². The lowest BCUT2D eigenvalue weighted by atomic mass is 10.2. The van der Waals surface area contributed by atoms with Crippen molar-refractivity contribution in [2.75, 3.05) is 5.32 Å². The molecule has 7 heteroatoms. The van der Waals surface area contributed by atoms with Crippen LogP contribution in [-0.2, 0) is 0 Å². The van der Waals surface area contributed by atoms with Gasteiger partial charge in [0, 0.05) is 11.6 Å². The fourth-order valence-electron chi connectivity index (χ4n) is 1.87. The molecule has 3 rings (SSSR count). The number of amides is 1. The smallest absolute Gasteiger partial charge is 0.261 e. The second kappa shape index (κ2) is 4.82. The lowest BCUT2D eigenvalue weighted by Crippen LogP contribution is -2.22. The van der Waals surface area contributed by atoms with Gasteiger partial charge in [0.2, 0.25) is 0 Å². The van der Waals surface area contributed by atoms with E-state index < -0.39 is 11.5 Å². The highest BCUT2D eigenvalue weighted by Crippen LogP contribution is 2.29. The topological polar surface area (TPSA) is 90.6 Å². The fourth-order valence-corrected chi connectivity index (χ4v) is 2.13. The molecule has 0 fully saturated rings. The van der Waals surface area contributed by atoms with Gasteiger partial charge in [-0.25, -0.2) is 0 Å². The Kier molecular flexibility index (Phi) is 3.00. The van der Waals surface area contributed by atoms with Crippen molar-refractivity contribution >= 4 is 34.1 Å². The molecule has 1 aromatic carbocycles. The van der Waals surface area contributed by atoms with Gasteiger partial charge in [0.05, 0.1) is 22.4 Å². The van der Waals surface area contributed by atoms with Crippen molar-refractivity contribution in [2.45, 2.75) is 0 Å². The third-order valence-electron chi connectivity index (χ3n) is 2.87. The number of fused-ring (bicyclic) bond motifs is 1. The van der Waals surface area contributed by atoms with Gasteiger partial charge in [0.25, 0.3) is 11.5 Å². The molecule has 0 saturated heterocycles. The Hall–Kier alpha value is -2.60. The maximum atomic E-state index is 12.0. The molecule has 0 aliphatic rings. The largest absolute Gasteiger partial charge is 0.328 e. The number of pyridine rings is 1. The van der Waals surface area contributed by atoms with Crippen LogP contribution < -0.4 is 10.9 Å². The monoisotopic (exact) mass is 288 g/mol. The van der Waals surface area contributed by atoms with Crippen LogP contribution >= 0.6 is 11.6 Å². The number of halogens is 1. The van der Waals surface area contributed by atoms with Gasteiger partial charge >= 0.3 is 0 Å². The summed E-state index contributed by atoms with van der Waals surface area (Å²) in [5.41, 5.74) is 0.765. The Bertz CT molecular complexity index is 853. The molecule has 100 valence electrons. The summed E-state index contributed by atoms with van der Waals surface area (Å²) >= 11 is 6.19. The number of aromatic nitrogens is 3. The molecule has 0 aliphatic heterocycles. The van der Waals surface area contributed by atoms with Crippen LogP contribution in [-0.4, -0.2) is 21.1 Å². The van der Waals surface area contributed by atoms with Gasteiger partial charge in [-0.2, -0.15) is 5.10 Å². The number of anilines is 1. The van der Waals surface area contributed by atoms with Crippen LogP contribution in [0.2, 0.25) is 5.02 Å². The van der Waals surface area contributed by atoms with E-state index in [1.165, 1.54) is 12.3 Å². The lowest BCUT2D eigenvalue weighted by molar-refractivity contribution is 0.102. The van der Waals surface area contributed by atoms with E-state index in [1.807, 2.05) is 0 Å². The first-order valence-electron chi connectivity index (χ1n) is 5.77. The third kappa shape index (κ3) is 2.06. The van der Waals surface area contributed by atoms with Gasteiger partial charge < -0.3 is 10.3 Å². The molecule has 6 nitrogen and oxygen atoms in total. The molecular weight excluding hydrogens is 280 g/mol. The molecule has 20 heavy (non-hydrogen) atoms. The van der Waals surface area contributed by atoms with E-state index >= 15 is 0 Å². The highest BCUT2D eigenvalue weighted by molar-refractivity contribution is 6.38. The van der Waals surface area contributed by atoms with Gasteiger partial charge in [-0.15, -0.1) is 0 Å². The summed E-state index contributed by atoms with van der Waals surface area (Å²) in [6, 6.07) is 6.42. The first kappa shape index (κ1) is 12.4. The number of hydrogen-bond acceptors (Lipinski definition) is 3. The number of rotatable bonds is 2. The number of nitrogens with zero attached hydrogens (tertiary/aromatic N) is 1. The molecule has 0 saturated carbocycles. The minimum absolute atomic E-state index is 0.0239. The van der Waals surface area contributed by atoms with Crippen molar-refractivity contribution in [3.8, 4) is 0 Å². The molecule has 0 spiro atoms. The van der Waals surface area contributed by atoms with Crippen LogP contribution in [0, 0.1) is 0 Å². The van der Waals surface area contributed by atoms with Crippen LogP contribution in [0.1, 0.15) is 10.4 Å². The zero-order valence-corrected chi connectivity index (χ0v) is 10.9. The second-order valence-corrected chi connectivity index (χ2v) is 4.50. The van der Waals surface area contributed by atoms with Crippen LogP contribution in [0.4, 0.5) is 5.69 Å². The fraction of sp³-hybridized carbons (Fsp3) is 0. The maximum Gasteiger partial charge on any atom is 0.261 e. The number of carbonyl (C=O) groups is 1. The lowest BCUT2D eigenvalue weighted by Gasteiger charge is -2.07. The van der Waals surface area contributed by atoms with Crippen molar-refractivity contribution in [2.24, 2.45) is 0 Å². The molecule has 3 aromatic rings. The van der Waals surface area contributed by atoms with E-state index in [1.54, 1.807) is 24.4 Å². The summed E-state index contributed by atoms with van der Waals surface area (Å²) in [5, 5.41) is 10.3. The van der Waals surface area contributed by atoms with E-state index in [0.29, 0.717) is 16.1 Å². The molecule has 0 aliphatic carbocycles. The minimum atomic E-state index is -0.517. The Morgan fingerprint density at radius 2 is 2.15 bits per heavy atom. The number of aromatic amines is 2. The first-order valence-corrected chi connectivity index (χ1v) is 6.15. The summed E-state index contributed by atoms with van der Waals surface area (Å²) < 4.78 is 0. The quantitative estimate of drug-likeness (QED) is 0.675. The number of benzene rings is 1. The molecule has 0 unspecified atom stereocenters. The molecule has 0 atom stereocenters. The Labute approximate surface area is 117 Å². The first-order chi connectivity index (χ1) is 9.66. The summed E-state index contributed by atoms with van der Waals surface area (Å²) in [5.74, 6) is -0.517. The Morgan fingerprint density at radius 3 is 2.95 bits per heavy atom. The minimum Gasteiger partial charge on any atom is -0.328 e. The van der Waals surface area contributed by atoms with Crippen molar-refractivity contribution < 1.29 is 4.79 Å². The molecule has 0 radical (unpaired) electrons. The third-order valence-corrected chi connectivity index (χ3v) is 3.28. The van der Waals surface area contributed by atoms with E-state index in [4.69, 9.17) is 11.6 Å². The number of H-pyrrole nitrogens is 2. The van der Waals surface area contributed by atoms with Gasteiger partial charge in [0.15, 0.2) is 0 Å². The van der Waals surface area contributed by atoms with E-state index in [0.717, 1.165) is 5.52 Å². The van der Waals surface area contributed by atoms with E-state index in [-0.39, 0.29) is 5.56 Å². The van der Waals surface area contributed by atoms with Crippen molar-refractivity contribution in [1.82, 2.24) is 15.2 Å². The van der Waals surface area contributed by atoms with Crippen molar-refractivity contribution in [3.63, 3.8) is 0 Å². The predicted molar refractivity (Wildman–Crippen MR) is 76.1 cm³/mol. The molecule has 0 bridgehead atoms. The van der Waals surface area contributed by atoms with E-state index in [9.17, 15) is 9.59 Å². The molecule has 2 heterocycles. The van der Waals surface area contributed by atoms with E-state index in [2.05, 4.69) is 20.5 Å². The Morgan fingerprint density at radius 1 is 1.30 bits per heavy atom. The standard InChI is InChI=1S/C13H9ClN4O2/c14-11-8-6-16-18-9(8)3-4-10(11)17-13(20)7-2-1-5-15-12(7)19/h1-6H,(H,15,19)(H,16,18)(H,17,20).